The topological polar surface area (TPSA) is 85.3 Å². The minimum atomic E-state index is -0.400. The van der Waals surface area contributed by atoms with Crippen LogP contribution in [-0.4, -0.2) is 29.5 Å². The molecule has 0 spiro atoms. The van der Waals surface area contributed by atoms with Crippen molar-refractivity contribution in [3.05, 3.63) is 26.9 Å². The van der Waals surface area contributed by atoms with Crippen molar-refractivity contribution in [2.45, 2.75) is 6.42 Å². The molecule has 0 aromatic carbocycles. The minimum absolute atomic E-state index is 0.0389. The number of nitrogens with two attached hydrogens (primary N) is 1. The van der Waals surface area contributed by atoms with Crippen molar-refractivity contribution in [3.63, 3.8) is 0 Å². The monoisotopic (exact) mass is 300 g/mol. The Morgan fingerprint density at radius 3 is 3.06 bits per heavy atom. The van der Waals surface area contributed by atoms with Crippen LogP contribution in [0.5, 0.6) is 0 Å². The fraction of sp³-hybridized carbons (Fsp3) is 0.500. The molecule has 0 aliphatic carbocycles. The first-order valence-electron chi connectivity index (χ1n) is 5.36. The van der Waals surface area contributed by atoms with Crippen molar-refractivity contribution in [2.24, 2.45) is 11.7 Å². The van der Waals surface area contributed by atoms with Crippen molar-refractivity contribution in [1.82, 2.24) is 4.98 Å². The van der Waals surface area contributed by atoms with Crippen molar-refractivity contribution >= 4 is 27.4 Å². The molecule has 0 radical (unpaired) electrons. The number of rotatable bonds is 3. The molecule has 1 fully saturated rings. The van der Waals surface area contributed by atoms with Crippen molar-refractivity contribution in [2.75, 3.05) is 24.5 Å². The van der Waals surface area contributed by atoms with Gasteiger partial charge in [0, 0.05) is 29.8 Å². The van der Waals surface area contributed by atoms with Crippen LogP contribution in [0.15, 0.2) is 16.7 Å². The lowest BCUT2D eigenvalue weighted by molar-refractivity contribution is -0.384. The predicted molar refractivity (Wildman–Crippen MR) is 68.0 cm³/mol. The Morgan fingerprint density at radius 1 is 1.71 bits per heavy atom. The Morgan fingerprint density at radius 2 is 2.47 bits per heavy atom. The molecule has 1 aliphatic heterocycles. The first kappa shape index (κ1) is 12.3. The zero-order valence-electron chi connectivity index (χ0n) is 9.17. The highest BCUT2D eigenvalue weighted by atomic mass is 79.9. The van der Waals surface area contributed by atoms with E-state index in [4.69, 9.17) is 5.73 Å². The maximum absolute atomic E-state index is 11.0. The molecule has 1 unspecified atom stereocenters. The zero-order chi connectivity index (χ0) is 12.4. The van der Waals surface area contributed by atoms with E-state index in [0.717, 1.165) is 19.5 Å². The number of hydrogen-bond acceptors (Lipinski definition) is 5. The normalized spacial score (nSPS) is 19.6. The van der Waals surface area contributed by atoms with E-state index in [0.29, 0.717) is 22.8 Å². The Labute approximate surface area is 107 Å². The molecule has 2 rings (SSSR count). The first-order valence-corrected chi connectivity index (χ1v) is 6.16. The van der Waals surface area contributed by atoms with Crippen LogP contribution in [0.25, 0.3) is 0 Å². The molecule has 0 amide bonds. The summed E-state index contributed by atoms with van der Waals surface area (Å²) < 4.78 is 0.613. The predicted octanol–water partition coefficient (Wildman–Crippen LogP) is 1.54. The highest BCUT2D eigenvalue weighted by Crippen LogP contribution is 2.31. The highest BCUT2D eigenvalue weighted by molar-refractivity contribution is 9.10. The molecule has 2 heterocycles. The summed E-state index contributed by atoms with van der Waals surface area (Å²) in [6.07, 6.45) is 2.55. The first-order chi connectivity index (χ1) is 8.11. The number of nitrogens with zero attached hydrogens (tertiary/aromatic N) is 3. The molecule has 0 bridgehead atoms. The Kier molecular flexibility index (Phi) is 3.58. The summed E-state index contributed by atoms with van der Waals surface area (Å²) >= 11 is 3.19. The number of nitro groups is 1. The van der Waals surface area contributed by atoms with Crippen LogP contribution in [0.4, 0.5) is 11.5 Å². The van der Waals surface area contributed by atoms with Gasteiger partial charge in [-0.1, -0.05) is 0 Å². The van der Waals surface area contributed by atoms with Gasteiger partial charge < -0.3 is 10.6 Å². The molecule has 2 N–H and O–H groups in total. The summed E-state index contributed by atoms with van der Waals surface area (Å²) in [7, 11) is 0. The van der Waals surface area contributed by atoms with Crippen LogP contribution in [0.3, 0.4) is 0 Å². The van der Waals surface area contributed by atoms with Crippen molar-refractivity contribution in [3.8, 4) is 0 Å². The number of anilines is 1. The molecule has 7 heteroatoms. The third kappa shape index (κ3) is 2.55. The second-order valence-corrected chi connectivity index (χ2v) is 5.01. The van der Waals surface area contributed by atoms with Gasteiger partial charge in [-0.2, -0.15) is 0 Å². The average Bonchev–Trinajstić information content (AvgIpc) is 2.77. The van der Waals surface area contributed by atoms with E-state index in [1.165, 1.54) is 6.07 Å². The van der Waals surface area contributed by atoms with Gasteiger partial charge in [0.15, 0.2) is 0 Å². The average molecular weight is 301 g/mol. The van der Waals surface area contributed by atoms with E-state index in [9.17, 15) is 10.1 Å². The standard InChI is InChI=1S/C10H13BrN4O2/c11-8-3-9(15(16)17)10(13-5-8)14-2-1-7(4-12)6-14/h3,5,7H,1-2,4,6,12H2. The third-order valence-corrected chi connectivity index (χ3v) is 3.36. The highest BCUT2D eigenvalue weighted by Gasteiger charge is 2.28. The van der Waals surface area contributed by atoms with Gasteiger partial charge in [-0.15, -0.1) is 0 Å². The van der Waals surface area contributed by atoms with Crippen LogP contribution >= 0.6 is 15.9 Å². The van der Waals surface area contributed by atoms with Crippen molar-refractivity contribution in [1.29, 1.82) is 0 Å². The third-order valence-electron chi connectivity index (χ3n) is 2.93. The number of pyridine rings is 1. The lowest BCUT2D eigenvalue weighted by Gasteiger charge is -2.16. The van der Waals surface area contributed by atoms with Crippen LogP contribution in [0.2, 0.25) is 0 Å². The van der Waals surface area contributed by atoms with Crippen LogP contribution in [0.1, 0.15) is 6.42 Å². The molecule has 1 atom stereocenters. The molecule has 1 saturated heterocycles. The number of halogens is 1. The summed E-state index contributed by atoms with van der Waals surface area (Å²) in [5, 5.41) is 11.0. The molecule has 0 saturated carbocycles. The maximum Gasteiger partial charge on any atom is 0.312 e. The number of hydrogen-bond donors (Lipinski definition) is 1. The quantitative estimate of drug-likeness (QED) is 0.676. The Balaban J connectivity index is 2.29. The van der Waals surface area contributed by atoms with Gasteiger partial charge in [0.25, 0.3) is 0 Å². The van der Waals surface area contributed by atoms with Crippen LogP contribution in [0, 0.1) is 16.0 Å². The van der Waals surface area contributed by atoms with Gasteiger partial charge in [0.2, 0.25) is 5.82 Å². The number of aromatic nitrogens is 1. The smallest absolute Gasteiger partial charge is 0.312 e. The summed E-state index contributed by atoms with van der Waals surface area (Å²) in [6, 6.07) is 1.48. The SMILES string of the molecule is NCC1CCN(c2ncc(Br)cc2[N+](=O)[O-])C1. The maximum atomic E-state index is 11.0. The van der Waals surface area contributed by atoms with Gasteiger partial charge in [0.1, 0.15) is 0 Å². The fourth-order valence-electron chi connectivity index (χ4n) is 2.02. The van der Waals surface area contributed by atoms with E-state index < -0.39 is 4.92 Å². The lowest BCUT2D eigenvalue weighted by atomic mass is 10.1. The van der Waals surface area contributed by atoms with E-state index in [2.05, 4.69) is 20.9 Å². The summed E-state index contributed by atoms with van der Waals surface area (Å²) in [4.78, 5) is 16.7. The van der Waals surface area contributed by atoms with E-state index in [-0.39, 0.29) is 5.69 Å². The minimum Gasteiger partial charge on any atom is -0.351 e. The molecule has 1 aromatic heterocycles. The van der Waals surface area contributed by atoms with E-state index >= 15 is 0 Å². The molecular formula is C10H13BrN4O2. The summed E-state index contributed by atoms with van der Waals surface area (Å²) in [5.74, 6) is 0.842. The Hall–Kier alpha value is -1.21. The second-order valence-electron chi connectivity index (χ2n) is 4.09. The van der Waals surface area contributed by atoms with Gasteiger partial charge in [-0.25, -0.2) is 4.98 Å². The Bertz CT molecular complexity index is 440. The van der Waals surface area contributed by atoms with E-state index in [1.54, 1.807) is 6.20 Å². The van der Waals surface area contributed by atoms with Crippen LogP contribution in [-0.2, 0) is 0 Å². The lowest BCUT2D eigenvalue weighted by Crippen LogP contribution is -2.24. The zero-order valence-corrected chi connectivity index (χ0v) is 10.8. The molecular weight excluding hydrogens is 288 g/mol. The molecule has 6 nitrogen and oxygen atoms in total. The van der Waals surface area contributed by atoms with Gasteiger partial charge in [-0.3, -0.25) is 10.1 Å². The van der Waals surface area contributed by atoms with E-state index in [1.807, 2.05) is 4.90 Å². The van der Waals surface area contributed by atoms with Gasteiger partial charge >= 0.3 is 5.69 Å². The molecule has 1 aromatic rings. The molecule has 17 heavy (non-hydrogen) atoms. The van der Waals surface area contributed by atoms with Crippen molar-refractivity contribution < 1.29 is 4.92 Å². The second kappa shape index (κ2) is 4.97. The largest absolute Gasteiger partial charge is 0.351 e. The van der Waals surface area contributed by atoms with Crippen LogP contribution < -0.4 is 10.6 Å². The summed E-state index contributed by atoms with van der Waals surface area (Å²) in [5.41, 5.74) is 5.65. The van der Waals surface area contributed by atoms with Gasteiger partial charge in [-0.05, 0) is 34.8 Å². The molecule has 1 aliphatic rings. The summed E-state index contributed by atoms with van der Waals surface area (Å²) in [6.45, 7) is 2.13. The molecule has 92 valence electrons. The fourth-order valence-corrected chi connectivity index (χ4v) is 2.34. The van der Waals surface area contributed by atoms with Gasteiger partial charge in [0.05, 0.1) is 4.92 Å².